The molecular weight excluding hydrogens is 304 g/mol. The van der Waals surface area contributed by atoms with Gasteiger partial charge in [0.1, 0.15) is 5.82 Å². The third-order valence-electron chi connectivity index (χ3n) is 4.51. The number of carbonyl (C=O) groups excluding carboxylic acids is 1. The Balaban J connectivity index is 1.58. The van der Waals surface area contributed by atoms with Gasteiger partial charge >= 0.3 is 0 Å². The predicted octanol–water partition coefficient (Wildman–Crippen LogP) is -0.0143. The molecule has 0 aromatic carbocycles. The van der Waals surface area contributed by atoms with Gasteiger partial charge in [-0.25, -0.2) is 17.7 Å². The van der Waals surface area contributed by atoms with E-state index >= 15 is 0 Å². The number of nitrogens with zero attached hydrogens (tertiary/aromatic N) is 3. The van der Waals surface area contributed by atoms with Gasteiger partial charge in [-0.15, -0.1) is 0 Å². The molecule has 1 N–H and O–H groups in total. The topological polar surface area (TPSA) is 84.3 Å². The molecule has 1 aromatic rings. The van der Waals surface area contributed by atoms with Crippen molar-refractivity contribution in [1.82, 2.24) is 19.2 Å². The average Bonchev–Trinajstić information content (AvgIpc) is 2.94. The van der Waals surface area contributed by atoms with Crippen molar-refractivity contribution in [3.63, 3.8) is 0 Å². The lowest BCUT2D eigenvalue weighted by molar-refractivity contribution is -0.127. The fourth-order valence-corrected chi connectivity index (χ4v) is 4.17. The first kappa shape index (κ1) is 15.5. The first-order valence-electron chi connectivity index (χ1n) is 7.69. The summed E-state index contributed by atoms with van der Waals surface area (Å²) in [6, 6.07) is 0.0998. The molecular formula is C14H22N4O3S. The molecule has 1 saturated heterocycles. The molecule has 2 aliphatic heterocycles. The van der Waals surface area contributed by atoms with Crippen LogP contribution in [0.2, 0.25) is 0 Å². The Hall–Kier alpha value is -1.41. The Morgan fingerprint density at radius 3 is 2.95 bits per heavy atom. The molecule has 0 radical (unpaired) electrons. The van der Waals surface area contributed by atoms with Crippen molar-refractivity contribution < 1.29 is 13.2 Å². The van der Waals surface area contributed by atoms with E-state index in [-0.39, 0.29) is 17.9 Å². The van der Waals surface area contributed by atoms with Crippen LogP contribution in [0, 0.1) is 5.92 Å². The summed E-state index contributed by atoms with van der Waals surface area (Å²) in [5, 5.41) is 3.08. The highest BCUT2D eigenvalue weighted by atomic mass is 32.2. The lowest BCUT2D eigenvalue weighted by Crippen LogP contribution is -2.49. The summed E-state index contributed by atoms with van der Waals surface area (Å²) >= 11 is 0. The van der Waals surface area contributed by atoms with Gasteiger partial charge in [0.05, 0.1) is 12.2 Å². The van der Waals surface area contributed by atoms with Crippen molar-refractivity contribution in [3.8, 4) is 0 Å². The maximum atomic E-state index is 12.4. The standard InChI is InChI=1S/C14H22N4O3S/c1-22(20,21)18-7-2-3-11(9-18)14(19)16-12-4-5-13-15-6-8-17(13)10-12/h6,8,11-12H,2-5,7,9-10H2,1H3,(H,16,19)/t11-,12+/m1/s1. The van der Waals surface area contributed by atoms with Crippen molar-refractivity contribution in [2.24, 2.45) is 5.92 Å². The second-order valence-corrected chi connectivity index (χ2v) is 8.18. The molecule has 1 fully saturated rings. The third-order valence-corrected chi connectivity index (χ3v) is 5.78. The van der Waals surface area contributed by atoms with Crippen LogP contribution in [0.4, 0.5) is 0 Å². The maximum Gasteiger partial charge on any atom is 0.224 e. The molecule has 2 aliphatic rings. The summed E-state index contributed by atoms with van der Waals surface area (Å²) in [7, 11) is -3.22. The first-order valence-corrected chi connectivity index (χ1v) is 9.54. The van der Waals surface area contributed by atoms with Crippen molar-refractivity contribution in [1.29, 1.82) is 0 Å². The van der Waals surface area contributed by atoms with E-state index in [2.05, 4.69) is 14.9 Å². The summed E-state index contributed by atoms with van der Waals surface area (Å²) in [6.45, 7) is 1.56. The van der Waals surface area contributed by atoms with Gasteiger partial charge < -0.3 is 9.88 Å². The average molecular weight is 326 g/mol. The van der Waals surface area contributed by atoms with Crippen molar-refractivity contribution in [2.75, 3.05) is 19.3 Å². The van der Waals surface area contributed by atoms with E-state index in [0.29, 0.717) is 13.1 Å². The first-order chi connectivity index (χ1) is 10.4. The van der Waals surface area contributed by atoms with E-state index < -0.39 is 10.0 Å². The number of piperidine rings is 1. The Kier molecular flexibility index (Phi) is 4.22. The van der Waals surface area contributed by atoms with Gasteiger partial charge in [0, 0.05) is 44.5 Å². The predicted molar refractivity (Wildman–Crippen MR) is 81.6 cm³/mol. The molecule has 0 unspecified atom stereocenters. The molecule has 8 heteroatoms. The number of amides is 1. The number of hydrogen-bond acceptors (Lipinski definition) is 4. The molecule has 1 amide bonds. The number of aromatic nitrogens is 2. The minimum absolute atomic E-state index is 0.0260. The SMILES string of the molecule is CS(=O)(=O)N1CCC[C@@H](C(=O)N[C@H]2CCc3nccn3C2)C1. The van der Waals surface area contributed by atoms with Crippen LogP contribution in [0.1, 0.15) is 25.1 Å². The van der Waals surface area contributed by atoms with Crippen LogP contribution >= 0.6 is 0 Å². The molecule has 122 valence electrons. The van der Waals surface area contributed by atoms with Crippen molar-refractivity contribution >= 4 is 15.9 Å². The lowest BCUT2D eigenvalue weighted by atomic mass is 9.97. The van der Waals surface area contributed by atoms with E-state index in [0.717, 1.165) is 38.1 Å². The number of nitrogens with one attached hydrogen (secondary N) is 1. The normalized spacial score (nSPS) is 26.4. The van der Waals surface area contributed by atoms with Gasteiger partial charge in [-0.3, -0.25) is 4.79 Å². The number of rotatable bonds is 3. The fourth-order valence-electron chi connectivity index (χ4n) is 3.26. The number of sulfonamides is 1. The summed E-state index contributed by atoms with van der Waals surface area (Å²) in [5.41, 5.74) is 0. The summed E-state index contributed by atoms with van der Waals surface area (Å²) < 4.78 is 26.8. The van der Waals surface area contributed by atoms with Crippen molar-refractivity contribution in [2.45, 2.75) is 38.3 Å². The quantitative estimate of drug-likeness (QED) is 0.846. The van der Waals surface area contributed by atoms with Crippen LogP contribution in [-0.4, -0.2) is 53.6 Å². The third kappa shape index (κ3) is 3.33. The van der Waals surface area contributed by atoms with E-state index in [1.807, 2.05) is 6.20 Å². The molecule has 1 aromatic heterocycles. The monoisotopic (exact) mass is 326 g/mol. The molecule has 22 heavy (non-hydrogen) atoms. The zero-order valence-corrected chi connectivity index (χ0v) is 13.6. The molecule has 2 atom stereocenters. The summed E-state index contributed by atoms with van der Waals surface area (Å²) in [5.74, 6) is 0.793. The second-order valence-electron chi connectivity index (χ2n) is 6.20. The number of aryl methyl sites for hydroxylation is 1. The number of fused-ring (bicyclic) bond motifs is 1. The highest BCUT2D eigenvalue weighted by Crippen LogP contribution is 2.20. The van der Waals surface area contributed by atoms with Crippen molar-refractivity contribution in [3.05, 3.63) is 18.2 Å². The van der Waals surface area contributed by atoms with Crippen LogP contribution in [0.15, 0.2) is 12.4 Å². The molecule has 0 bridgehead atoms. The van der Waals surface area contributed by atoms with E-state index in [1.165, 1.54) is 10.6 Å². The molecule has 0 saturated carbocycles. The van der Waals surface area contributed by atoms with Crippen LogP contribution in [0.25, 0.3) is 0 Å². The second kappa shape index (κ2) is 6.00. The highest BCUT2D eigenvalue weighted by Gasteiger charge is 2.31. The molecule has 7 nitrogen and oxygen atoms in total. The van der Waals surface area contributed by atoms with Crippen LogP contribution in [0.5, 0.6) is 0 Å². The number of imidazole rings is 1. The summed E-state index contributed by atoms with van der Waals surface area (Å²) in [6.07, 6.45) is 8.14. The van der Waals surface area contributed by atoms with Gasteiger partial charge in [0.15, 0.2) is 0 Å². The Morgan fingerprint density at radius 1 is 1.36 bits per heavy atom. The smallest absolute Gasteiger partial charge is 0.224 e. The Morgan fingerprint density at radius 2 is 2.18 bits per heavy atom. The minimum atomic E-state index is -3.22. The van der Waals surface area contributed by atoms with E-state index in [9.17, 15) is 13.2 Å². The van der Waals surface area contributed by atoms with Crippen LogP contribution < -0.4 is 5.32 Å². The lowest BCUT2D eigenvalue weighted by Gasteiger charge is -2.32. The van der Waals surface area contributed by atoms with Gasteiger partial charge in [-0.2, -0.15) is 0 Å². The zero-order valence-electron chi connectivity index (χ0n) is 12.7. The molecule has 0 spiro atoms. The molecule has 3 rings (SSSR count). The largest absolute Gasteiger partial charge is 0.351 e. The van der Waals surface area contributed by atoms with Gasteiger partial charge in [-0.05, 0) is 19.3 Å². The molecule has 0 aliphatic carbocycles. The van der Waals surface area contributed by atoms with E-state index in [1.54, 1.807) is 6.20 Å². The van der Waals surface area contributed by atoms with Gasteiger partial charge in [0.25, 0.3) is 0 Å². The van der Waals surface area contributed by atoms with Gasteiger partial charge in [-0.1, -0.05) is 0 Å². The Bertz CT molecular complexity index is 655. The molecule has 3 heterocycles. The highest BCUT2D eigenvalue weighted by molar-refractivity contribution is 7.88. The zero-order chi connectivity index (χ0) is 15.7. The fraction of sp³-hybridized carbons (Fsp3) is 0.714. The van der Waals surface area contributed by atoms with Gasteiger partial charge in [0.2, 0.25) is 15.9 Å². The Labute approximate surface area is 130 Å². The number of carbonyl (C=O) groups is 1. The number of hydrogen-bond donors (Lipinski definition) is 1. The van der Waals surface area contributed by atoms with Crippen LogP contribution in [-0.2, 0) is 27.8 Å². The van der Waals surface area contributed by atoms with Crippen LogP contribution in [0.3, 0.4) is 0 Å². The van der Waals surface area contributed by atoms with E-state index in [4.69, 9.17) is 0 Å². The maximum absolute atomic E-state index is 12.4. The summed E-state index contributed by atoms with van der Waals surface area (Å²) in [4.78, 5) is 16.7. The minimum Gasteiger partial charge on any atom is -0.351 e.